The summed E-state index contributed by atoms with van der Waals surface area (Å²) >= 11 is 0. The molecule has 4 rings (SSSR count). The Morgan fingerprint density at radius 2 is 1.86 bits per heavy atom. The Hall–Kier alpha value is -1.89. The van der Waals surface area contributed by atoms with E-state index in [1.807, 2.05) is 22.9 Å². The molecular weight excluding hydrogens is 356 g/mol. The molecule has 3 aliphatic heterocycles. The molecule has 7 nitrogen and oxygen atoms in total. The SMILES string of the molecule is CCn1ccc(C(=O)N2CCCC3(CCOCC3)C2C(=O)N2CCCCC2)n1. The second-order valence-electron chi connectivity index (χ2n) is 8.42. The lowest BCUT2D eigenvalue weighted by atomic mass is 9.67. The molecule has 3 saturated heterocycles. The van der Waals surface area contributed by atoms with Gasteiger partial charge in [-0.15, -0.1) is 0 Å². The Bertz CT molecular complexity index is 699. The average Bonchev–Trinajstić information content (AvgIpc) is 3.23. The highest BCUT2D eigenvalue weighted by molar-refractivity contribution is 5.96. The average molecular weight is 389 g/mol. The van der Waals surface area contributed by atoms with E-state index in [0.717, 1.165) is 58.2 Å². The van der Waals surface area contributed by atoms with Crippen molar-refractivity contribution in [3.05, 3.63) is 18.0 Å². The highest BCUT2D eigenvalue weighted by Gasteiger charge is 2.52. The number of likely N-dealkylation sites (tertiary alicyclic amines) is 2. The lowest BCUT2D eigenvalue weighted by Gasteiger charge is -2.52. The number of piperidine rings is 2. The Kier molecular flexibility index (Phi) is 5.71. The van der Waals surface area contributed by atoms with E-state index in [-0.39, 0.29) is 23.3 Å². The Balaban J connectivity index is 1.65. The molecule has 0 N–H and O–H groups in total. The molecule has 3 fully saturated rings. The first-order chi connectivity index (χ1) is 13.6. The number of aromatic nitrogens is 2. The summed E-state index contributed by atoms with van der Waals surface area (Å²) < 4.78 is 7.39. The van der Waals surface area contributed by atoms with Crippen LogP contribution >= 0.6 is 0 Å². The van der Waals surface area contributed by atoms with Crippen LogP contribution in [0.25, 0.3) is 0 Å². The summed E-state index contributed by atoms with van der Waals surface area (Å²) in [4.78, 5) is 30.9. The fraction of sp³-hybridized carbons (Fsp3) is 0.762. The minimum atomic E-state index is -0.387. The van der Waals surface area contributed by atoms with Crippen LogP contribution in [0.3, 0.4) is 0 Å². The maximum absolute atomic E-state index is 13.7. The monoisotopic (exact) mass is 388 g/mol. The van der Waals surface area contributed by atoms with Crippen molar-refractivity contribution < 1.29 is 14.3 Å². The summed E-state index contributed by atoms with van der Waals surface area (Å²) in [6.07, 6.45) is 8.77. The van der Waals surface area contributed by atoms with Gasteiger partial charge in [0, 0.05) is 51.0 Å². The number of ether oxygens (including phenoxy) is 1. The number of hydrogen-bond donors (Lipinski definition) is 0. The van der Waals surface area contributed by atoms with Gasteiger partial charge >= 0.3 is 0 Å². The van der Waals surface area contributed by atoms with Gasteiger partial charge in [-0.2, -0.15) is 5.10 Å². The van der Waals surface area contributed by atoms with Gasteiger partial charge in [0.15, 0.2) is 0 Å². The van der Waals surface area contributed by atoms with Gasteiger partial charge < -0.3 is 14.5 Å². The van der Waals surface area contributed by atoms with Crippen molar-refractivity contribution in [3.63, 3.8) is 0 Å². The zero-order chi connectivity index (χ0) is 19.6. The van der Waals surface area contributed by atoms with Gasteiger partial charge in [-0.05, 0) is 57.9 Å². The van der Waals surface area contributed by atoms with Crippen LogP contribution in [-0.4, -0.2) is 70.3 Å². The summed E-state index contributed by atoms with van der Waals surface area (Å²) in [6.45, 7) is 6.34. The first-order valence-electron chi connectivity index (χ1n) is 10.9. The zero-order valence-electron chi connectivity index (χ0n) is 16.9. The number of hydrogen-bond acceptors (Lipinski definition) is 4. The third kappa shape index (κ3) is 3.56. The van der Waals surface area contributed by atoms with Gasteiger partial charge in [-0.25, -0.2) is 0 Å². The van der Waals surface area contributed by atoms with Gasteiger partial charge in [0.25, 0.3) is 5.91 Å². The van der Waals surface area contributed by atoms with Crippen molar-refractivity contribution in [2.45, 2.75) is 64.5 Å². The van der Waals surface area contributed by atoms with Crippen LogP contribution in [0.4, 0.5) is 0 Å². The number of rotatable bonds is 3. The molecule has 1 aromatic rings. The molecule has 154 valence electrons. The topological polar surface area (TPSA) is 67.7 Å². The molecular formula is C21H32N4O3. The molecule has 4 heterocycles. The van der Waals surface area contributed by atoms with Crippen molar-refractivity contribution >= 4 is 11.8 Å². The third-order valence-electron chi connectivity index (χ3n) is 6.80. The highest BCUT2D eigenvalue weighted by atomic mass is 16.5. The molecule has 1 spiro atoms. The van der Waals surface area contributed by atoms with E-state index < -0.39 is 0 Å². The lowest BCUT2D eigenvalue weighted by Crippen LogP contribution is -2.63. The van der Waals surface area contributed by atoms with E-state index in [1.165, 1.54) is 6.42 Å². The van der Waals surface area contributed by atoms with E-state index in [0.29, 0.717) is 25.5 Å². The van der Waals surface area contributed by atoms with Gasteiger partial charge in [-0.3, -0.25) is 14.3 Å². The van der Waals surface area contributed by atoms with Gasteiger partial charge in [0.1, 0.15) is 11.7 Å². The molecule has 1 aromatic heterocycles. The second kappa shape index (κ2) is 8.23. The van der Waals surface area contributed by atoms with Crippen molar-refractivity contribution in [1.29, 1.82) is 0 Å². The van der Waals surface area contributed by atoms with Crippen LogP contribution in [0, 0.1) is 5.41 Å². The second-order valence-corrected chi connectivity index (χ2v) is 8.42. The minimum Gasteiger partial charge on any atom is -0.381 e. The first kappa shape index (κ1) is 19.4. The molecule has 0 aromatic carbocycles. The quantitative estimate of drug-likeness (QED) is 0.797. The molecule has 1 unspecified atom stereocenters. The molecule has 2 amide bonds. The first-order valence-corrected chi connectivity index (χ1v) is 10.9. The summed E-state index contributed by atoms with van der Waals surface area (Å²) in [5.74, 6) is 0.0395. The fourth-order valence-electron chi connectivity index (χ4n) is 5.20. The standard InChI is InChI=1S/C21H32N4O3/c1-2-24-14-7-17(22-24)19(26)25-13-6-8-21(9-15-28-16-10-21)18(25)20(27)23-11-4-3-5-12-23/h7,14,18H,2-6,8-13,15-16H2,1H3. The number of amides is 2. The van der Waals surface area contributed by atoms with E-state index in [1.54, 1.807) is 10.7 Å². The molecule has 3 aliphatic rings. The van der Waals surface area contributed by atoms with Crippen LogP contribution < -0.4 is 0 Å². The van der Waals surface area contributed by atoms with E-state index >= 15 is 0 Å². The van der Waals surface area contributed by atoms with Crippen LogP contribution in [0.5, 0.6) is 0 Å². The Morgan fingerprint density at radius 1 is 1.11 bits per heavy atom. The summed E-state index contributed by atoms with van der Waals surface area (Å²) in [5, 5.41) is 4.42. The maximum atomic E-state index is 13.7. The largest absolute Gasteiger partial charge is 0.381 e. The summed E-state index contributed by atoms with van der Waals surface area (Å²) in [5.41, 5.74) is 0.288. The zero-order valence-corrected chi connectivity index (χ0v) is 16.9. The maximum Gasteiger partial charge on any atom is 0.275 e. The predicted octanol–water partition coefficient (Wildman–Crippen LogP) is 2.32. The van der Waals surface area contributed by atoms with Crippen molar-refractivity contribution in [1.82, 2.24) is 19.6 Å². The molecule has 0 saturated carbocycles. The lowest BCUT2D eigenvalue weighted by molar-refractivity contribution is -0.149. The third-order valence-corrected chi connectivity index (χ3v) is 6.80. The number of nitrogens with zero attached hydrogens (tertiary/aromatic N) is 4. The molecule has 0 aliphatic carbocycles. The molecule has 0 radical (unpaired) electrons. The number of carbonyl (C=O) groups is 2. The van der Waals surface area contributed by atoms with Crippen molar-refractivity contribution in [3.8, 4) is 0 Å². The van der Waals surface area contributed by atoms with Crippen LogP contribution in [0.15, 0.2) is 12.3 Å². The van der Waals surface area contributed by atoms with Crippen LogP contribution in [0.2, 0.25) is 0 Å². The molecule has 0 bridgehead atoms. The van der Waals surface area contributed by atoms with E-state index in [2.05, 4.69) is 5.10 Å². The summed E-state index contributed by atoms with van der Waals surface area (Å²) in [7, 11) is 0. The molecule has 1 atom stereocenters. The van der Waals surface area contributed by atoms with Crippen LogP contribution in [-0.2, 0) is 16.1 Å². The fourth-order valence-corrected chi connectivity index (χ4v) is 5.20. The smallest absolute Gasteiger partial charge is 0.275 e. The Morgan fingerprint density at radius 3 is 2.54 bits per heavy atom. The molecule has 28 heavy (non-hydrogen) atoms. The van der Waals surface area contributed by atoms with E-state index in [4.69, 9.17) is 4.74 Å². The number of aryl methyl sites for hydroxylation is 1. The van der Waals surface area contributed by atoms with Gasteiger partial charge in [0.05, 0.1) is 0 Å². The predicted molar refractivity (Wildman–Crippen MR) is 105 cm³/mol. The summed E-state index contributed by atoms with van der Waals surface area (Å²) in [6, 6.07) is 1.39. The van der Waals surface area contributed by atoms with Crippen molar-refractivity contribution in [2.24, 2.45) is 5.41 Å². The molecule has 7 heteroatoms. The van der Waals surface area contributed by atoms with Gasteiger partial charge in [0.2, 0.25) is 5.91 Å². The Labute approximate surface area is 167 Å². The normalized spacial score (nSPS) is 25.1. The van der Waals surface area contributed by atoms with Crippen molar-refractivity contribution in [2.75, 3.05) is 32.8 Å². The van der Waals surface area contributed by atoms with Crippen LogP contribution in [0.1, 0.15) is 62.4 Å². The van der Waals surface area contributed by atoms with Gasteiger partial charge in [-0.1, -0.05) is 0 Å². The number of carbonyl (C=O) groups excluding carboxylic acids is 2. The van der Waals surface area contributed by atoms with E-state index in [9.17, 15) is 9.59 Å². The highest BCUT2D eigenvalue weighted by Crippen LogP contribution is 2.45. The minimum absolute atomic E-state index is 0.104.